The molecular weight excluding hydrogens is 356 g/mol. The quantitative estimate of drug-likeness (QED) is 0.736. The minimum atomic E-state index is -3.05. The van der Waals surface area contributed by atoms with E-state index >= 15 is 0 Å². The first-order valence-electron chi connectivity index (χ1n) is 7.45. The third kappa shape index (κ3) is 5.01. The van der Waals surface area contributed by atoms with Crippen molar-refractivity contribution in [2.45, 2.75) is 19.6 Å². The van der Waals surface area contributed by atoms with Crippen molar-refractivity contribution < 1.29 is 31.8 Å². The number of ether oxygens (including phenoxy) is 2. The molecule has 140 valence electrons. The number of anilines is 1. The Kier molecular flexibility index (Phi) is 6.26. The molecule has 0 saturated carbocycles. The maximum atomic E-state index is 13.3. The predicted octanol–water partition coefficient (Wildman–Crippen LogP) is 4.46. The summed E-state index contributed by atoms with van der Waals surface area (Å²) in [5.74, 6) is -2.18. The molecule has 0 aromatic heterocycles. The van der Waals surface area contributed by atoms with E-state index in [-0.39, 0.29) is 17.2 Å². The Bertz CT molecular complexity index is 787. The number of benzene rings is 2. The van der Waals surface area contributed by atoms with Gasteiger partial charge >= 0.3 is 12.6 Å². The molecule has 1 atom stereocenters. The topological polar surface area (TPSA) is 59.6 Å². The van der Waals surface area contributed by atoms with Gasteiger partial charge in [-0.3, -0.25) is 0 Å². The lowest BCUT2D eigenvalue weighted by Crippen LogP contribution is -2.31. The number of methoxy groups -OCH3 is 1. The van der Waals surface area contributed by atoms with Crippen LogP contribution in [0.3, 0.4) is 0 Å². The zero-order chi connectivity index (χ0) is 19.3. The summed E-state index contributed by atoms with van der Waals surface area (Å²) in [6.45, 7) is -1.48. The van der Waals surface area contributed by atoms with Crippen molar-refractivity contribution in [3.63, 3.8) is 0 Å². The number of carbonyl (C=O) groups is 1. The van der Waals surface area contributed by atoms with Gasteiger partial charge in [-0.25, -0.2) is 13.6 Å². The van der Waals surface area contributed by atoms with Gasteiger partial charge in [0.1, 0.15) is 0 Å². The highest BCUT2D eigenvalue weighted by molar-refractivity contribution is 5.89. The lowest BCUT2D eigenvalue weighted by Gasteiger charge is -2.16. The Hall–Kier alpha value is -2.97. The summed E-state index contributed by atoms with van der Waals surface area (Å²) in [6, 6.07) is 5.93. The number of carbonyl (C=O) groups excluding carboxylic acids is 1. The number of halogens is 4. The molecule has 0 spiro atoms. The second kappa shape index (κ2) is 8.41. The van der Waals surface area contributed by atoms with Crippen molar-refractivity contribution in [3.05, 3.63) is 53.6 Å². The molecule has 9 heteroatoms. The zero-order valence-corrected chi connectivity index (χ0v) is 13.9. The Morgan fingerprint density at radius 1 is 1.04 bits per heavy atom. The summed E-state index contributed by atoms with van der Waals surface area (Å²) in [7, 11) is 1.29. The van der Waals surface area contributed by atoms with Crippen molar-refractivity contribution in [1.82, 2.24) is 5.32 Å². The van der Waals surface area contributed by atoms with Crippen molar-refractivity contribution in [3.8, 4) is 11.5 Å². The van der Waals surface area contributed by atoms with E-state index in [1.807, 2.05) is 0 Å². The van der Waals surface area contributed by atoms with Crippen LogP contribution in [0, 0.1) is 11.6 Å². The van der Waals surface area contributed by atoms with Crippen LogP contribution in [0.4, 0.5) is 28.0 Å². The second-order valence-corrected chi connectivity index (χ2v) is 5.24. The van der Waals surface area contributed by atoms with Crippen molar-refractivity contribution in [2.24, 2.45) is 0 Å². The van der Waals surface area contributed by atoms with E-state index in [4.69, 9.17) is 4.74 Å². The van der Waals surface area contributed by atoms with Gasteiger partial charge in [0, 0.05) is 11.8 Å². The van der Waals surface area contributed by atoms with Gasteiger partial charge < -0.3 is 20.1 Å². The predicted molar refractivity (Wildman–Crippen MR) is 86.6 cm³/mol. The van der Waals surface area contributed by atoms with Crippen LogP contribution in [0.2, 0.25) is 0 Å². The molecule has 2 rings (SSSR count). The molecule has 0 bridgehead atoms. The Morgan fingerprint density at radius 2 is 1.77 bits per heavy atom. The molecule has 2 aromatic carbocycles. The molecule has 2 N–H and O–H groups in total. The third-order valence-electron chi connectivity index (χ3n) is 3.43. The number of hydrogen-bond acceptors (Lipinski definition) is 3. The molecule has 26 heavy (non-hydrogen) atoms. The number of alkyl halides is 2. The first-order valence-corrected chi connectivity index (χ1v) is 7.45. The van der Waals surface area contributed by atoms with E-state index in [1.54, 1.807) is 6.92 Å². The van der Waals surface area contributed by atoms with Crippen LogP contribution in [-0.2, 0) is 0 Å². The Morgan fingerprint density at radius 3 is 2.38 bits per heavy atom. The molecular formula is C17H16F4N2O3. The number of amides is 2. The lowest BCUT2D eigenvalue weighted by molar-refractivity contribution is -0.0511. The van der Waals surface area contributed by atoms with Crippen LogP contribution in [-0.4, -0.2) is 19.8 Å². The van der Waals surface area contributed by atoms with Crippen molar-refractivity contribution in [2.75, 3.05) is 12.4 Å². The summed E-state index contributed by atoms with van der Waals surface area (Å²) in [4.78, 5) is 12.0. The van der Waals surface area contributed by atoms with Crippen LogP contribution in [0.25, 0.3) is 0 Å². The minimum absolute atomic E-state index is 0.0754. The Labute approximate surface area is 146 Å². The van der Waals surface area contributed by atoms with Gasteiger partial charge in [-0.2, -0.15) is 8.78 Å². The maximum Gasteiger partial charge on any atom is 0.387 e. The molecule has 0 fully saturated rings. The maximum absolute atomic E-state index is 13.3. The van der Waals surface area contributed by atoms with Gasteiger partial charge in [0.25, 0.3) is 0 Å². The molecule has 2 aromatic rings. The van der Waals surface area contributed by atoms with Crippen LogP contribution < -0.4 is 20.1 Å². The van der Waals surface area contributed by atoms with E-state index < -0.39 is 30.3 Å². The van der Waals surface area contributed by atoms with Crippen LogP contribution in [0.1, 0.15) is 18.5 Å². The van der Waals surface area contributed by atoms with Gasteiger partial charge in [-0.15, -0.1) is 0 Å². The molecule has 0 unspecified atom stereocenters. The summed E-state index contributed by atoms with van der Waals surface area (Å²) in [6.07, 6.45) is 0. The van der Waals surface area contributed by atoms with Crippen molar-refractivity contribution >= 4 is 11.7 Å². The summed E-state index contributed by atoms with van der Waals surface area (Å²) in [5.41, 5.74) is 0.534. The average molecular weight is 372 g/mol. The highest BCUT2D eigenvalue weighted by Gasteiger charge is 2.15. The van der Waals surface area contributed by atoms with E-state index in [1.165, 1.54) is 31.4 Å². The molecule has 0 radical (unpaired) electrons. The first kappa shape index (κ1) is 19.4. The second-order valence-electron chi connectivity index (χ2n) is 5.24. The number of urea groups is 1. The average Bonchev–Trinajstić information content (AvgIpc) is 2.57. The molecule has 0 aliphatic heterocycles. The zero-order valence-electron chi connectivity index (χ0n) is 13.9. The molecule has 0 aliphatic rings. The van der Waals surface area contributed by atoms with Gasteiger partial charge in [0.2, 0.25) is 0 Å². The SMILES string of the molecule is COc1ccc(NC(=O)N[C@@H](C)c2ccc(F)c(F)c2)cc1OC(F)F. The summed E-state index contributed by atoms with van der Waals surface area (Å²) in [5, 5.41) is 4.96. The molecule has 0 heterocycles. The van der Waals surface area contributed by atoms with Gasteiger partial charge in [0.15, 0.2) is 23.1 Å². The number of rotatable bonds is 6. The first-order chi connectivity index (χ1) is 12.3. The van der Waals surface area contributed by atoms with E-state index in [0.29, 0.717) is 5.56 Å². The van der Waals surface area contributed by atoms with Crippen LogP contribution in [0.15, 0.2) is 36.4 Å². The van der Waals surface area contributed by atoms with Crippen molar-refractivity contribution in [1.29, 1.82) is 0 Å². The van der Waals surface area contributed by atoms with E-state index in [2.05, 4.69) is 15.4 Å². The van der Waals surface area contributed by atoms with E-state index in [9.17, 15) is 22.4 Å². The van der Waals surface area contributed by atoms with Crippen LogP contribution in [0.5, 0.6) is 11.5 Å². The lowest BCUT2D eigenvalue weighted by atomic mass is 10.1. The summed E-state index contributed by atoms with van der Waals surface area (Å²) >= 11 is 0. The highest BCUT2D eigenvalue weighted by atomic mass is 19.3. The summed E-state index contributed by atoms with van der Waals surface area (Å²) < 4.78 is 60.3. The fourth-order valence-corrected chi connectivity index (χ4v) is 2.17. The standard InChI is InChI=1S/C17H16F4N2O3/c1-9(10-3-5-12(18)13(19)7-10)22-17(24)23-11-4-6-14(25-2)15(8-11)26-16(20)21/h3-9,16H,1-2H3,(H2,22,23,24)/t9-/m0/s1. The Balaban J connectivity index is 2.05. The fourth-order valence-electron chi connectivity index (χ4n) is 2.17. The minimum Gasteiger partial charge on any atom is -0.493 e. The molecule has 2 amide bonds. The van der Waals surface area contributed by atoms with Crippen LogP contribution >= 0.6 is 0 Å². The fraction of sp³-hybridized carbons (Fsp3) is 0.235. The highest BCUT2D eigenvalue weighted by Crippen LogP contribution is 2.31. The normalized spacial score (nSPS) is 11.8. The van der Waals surface area contributed by atoms with E-state index in [0.717, 1.165) is 12.1 Å². The molecule has 0 saturated heterocycles. The number of nitrogens with one attached hydrogen (secondary N) is 2. The smallest absolute Gasteiger partial charge is 0.387 e. The largest absolute Gasteiger partial charge is 0.493 e. The third-order valence-corrected chi connectivity index (χ3v) is 3.43. The van der Waals surface area contributed by atoms with Gasteiger partial charge in [0.05, 0.1) is 13.2 Å². The van der Waals surface area contributed by atoms with Gasteiger partial charge in [-0.1, -0.05) is 6.07 Å². The molecule has 0 aliphatic carbocycles. The van der Waals surface area contributed by atoms with Gasteiger partial charge in [-0.05, 0) is 36.8 Å². The molecule has 5 nitrogen and oxygen atoms in total. The monoisotopic (exact) mass is 372 g/mol. The number of hydrogen-bond donors (Lipinski definition) is 2.